The minimum absolute atomic E-state index is 0.0259. The Morgan fingerprint density at radius 1 is 0.759 bits per heavy atom. The summed E-state index contributed by atoms with van der Waals surface area (Å²) >= 11 is 0. The number of rotatable bonds is 20. The van der Waals surface area contributed by atoms with Crippen LogP contribution in [0, 0.1) is 13.8 Å². The largest absolute Gasteiger partial charge is 0.508 e. The van der Waals surface area contributed by atoms with E-state index in [1.807, 2.05) is 0 Å². The highest BCUT2D eigenvalue weighted by Gasteiger charge is 2.16. The van der Waals surface area contributed by atoms with Gasteiger partial charge in [-0.25, -0.2) is 4.79 Å². The smallest absolute Gasteiger partial charge is 0.433 e. The van der Waals surface area contributed by atoms with E-state index in [0.29, 0.717) is 6.61 Å². The summed E-state index contributed by atoms with van der Waals surface area (Å²) in [6.07, 6.45) is 9.98. The van der Waals surface area contributed by atoms with Gasteiger partial charge in [0.15, 0.2) is 0 Å². The third-order valence-corrected chi connectivity index (χ3v) is 5.52. The Hall–Kier alpha value is -0.810. The second-order valence-electron chi connectivity index (χ2n) is 7.71. The molecule has 0 aliphatic rings. The van der Waals surface area contributed by atoms with Crippen molar-refractivity contribution in [3.05, 3.63) is 13.8 Å². The van der Waals surface area contributed by atoms with Gasteiger partial charge in [0.2, 0.25) is 0 Å². The van der Waals surface area contributed by atoms with E-state index in [2.05, 4.69) is 44.4 Å². The zero-order chi connectivity index (χ0) is 21.7. The average Bonchev–Trinajstić information content (AvgIpc) is 2.73. The standard InChI is InChI=1S/C24H48N2O3/c1-6-11-13-15-17-23(18-16-14-12-7-2)29-24(27)28-22-21-26(10-5)20-19-25(8-3)9-4/h23H,1-2,6-22H2,3-5H3. The molecule has 0 fully saturated rings. The maximum Gasteiger partial charge on any atom is 0.508 e. The number of likely N-dealkylation sites (N-methyl/N-ethyl adjacent to an activating group) is 2. The monoisotopic (exact) mass is 412 g/mol. The molecule has 0 aliphatic heterocycles. The van der Waals surface area contributed by atoms with Crippen molar-refractivity contribution in [1.29, 1.82) is 0 Å². The Bertz CT molecular complexity index is 350. The van der Waals surface area contributed by atoms with Crippen LogP contribution in [0.3, 0.4) is 0 Å². The Morgan fingerprint density at radius 2 is 1.28 bits per heavy atom. The molecule has 0 N–H and O–H groups in total. The van der Waals surface area contributed by atoms with Crippen molar-refractivity contribution in [2.45, 2.75) is 91.1 Å². The summed E-state index contributed by atoms with van der Waals surface area (Å²) in [5.41, 5.74) is 0. The molecule has 172 valence electrons. The van der Waals surface area contributed by atoms with Crippen molar-refractivity contribution in [3.63, 3.8) is 0 Å². The van der Waals surface area contributed by atoms with Gasteiger partial charge in [0.25, 0.3) is 0 Å². The molecule has 0 bridgehead atoms. The number of hydrogen-bond donors (Lipinski definition) is 0. The first-order chi connectivity index (χ1) is 14.1. The molecule has 5 heteroatoms. The lowest BCUT2D eigenvalue weighted by atomic mass is 10.0. The first kappa shape index (κ1) is 28.2. The first-order valence-corrected chi connectivity index (χ1v) is 12.0. The topological polar surface area (TPSA) is 42.0 Å². The number of ether oxygens (including phenoxy) is 2. The fourth-order valence-electron chi connectivity index (χ4n) is 3.39. The molecule has 0 rings (SSSR count). The van der Waals surface area contributed by atoms with Gasteiger partial charge in [-0.2, -0.15) is 0 Å². The summed E-state index contributed by atoms with van der Waals surface area (Å²) < 4.78 is 11.0. The number of nitrogens with zero attached hydrogens (tertiary/aromatic N) is 2. The highest BCUT2D eigenvalue weighted by atomic mass is 16.7. The van der Waals surface area contributed by atoms with Crippen LogP contribution in [0.5, 0.6) is 0 Å². The van der Waals surface area contributed by atoms with Gasteiger partial charge in [-0.1, -0.05) is 73.1 Å². The van der Waals surface area contributed by atoms with Gasteiger partial charge in [-0.15, -0.1) is 0 Å². The van der Waals surface area contributed by atoms with Gasteiger partial charge < -0.3 is 14.4 Å². The average molecular weight is 413 g/mol. The van der Waals surface area contributed by atoms with E-state index < -0.39 is 6.16 Å². The van der Waals surface area contributed by atoms with E-state index in [1.165, 1.54) is 0 Å². The van der Waals surface area contributed by atoms with Gasteiger partial charge in [-0.3, -0.25) is 4.90 Å². The highest BCUT2D eigenvalue weighted by Crippen LogP contribution is 2.16. The van der Waals surface area contributed by atoms with Crippen LogP contribution in [-0.2, 0) is 9.47 Å². The molecule has 0 saturated carbocycles. The minimum Gasteiger partial charge on any atom is -0.433 e. The molecular weight excluding hydrogens is 364 g/mol. The first-order valence-electron chi connectivity index (χ1n) is 12.0. The zero-order valence-corrected chi connectivity index (χ0v) is 19.6. The van der Waals surface area contributed by atoms with Gasteiger partial charge in [0.05, 0.1) is 0 Å². The molecule has 0 amide bonds. The fraction of sp³-hybridized carbons (Fsp3) is 0.875. The van der Waals surface area contributed by atoms with E-state index in [-0.39, 0.29) is 6.10 Å². The summed E-state index contributed by atoms with van der Waals surface area (Å²) in [5.74, 6) is 0. The third kappa shape index (κ3) is 16.7. The Labute approximate surface area is 181 Å². The van der Waals surface area contributed by atoms with Crippen molar-refractivity contribution in [2.24, 2.45) is 0 Å². The molecule has 0 aliphatic carbocycles. The van der Waals surface area contributed by atoms with Gasteiger partial charge >= 0.3 is 6.16 Å². The maximum atomic E-state index is 12.2. The molecule has 0 aromatic heterocycles. The van der Waals surface area contributed by atoms with E-state index in [0.717, 1.165) is 103 Å². The lowest BCUT2D eigenvalue weighted by molar-refractivity contribution is 0.0119. The molecule has 0 aromatic carbocycles. The van der Waals surface area contributed by atoms with E-state index in [1.54, 1.807) is 0 Å². The molecule has 0 unspecified atom stereocenters. The lowest BCUT2D eigenvalue weighted by Crippen LogP contribution is -2.37. The molecule has 0 heterocycles. The summed E-state index contributed by atoms with van der Waals surface area (Å²) in [5, 5.41) is 0. The number of carbonyl (C=O) groups excluding carboxylic acids is 1. The molecule has 0 spiro atoms. The van der Waals surface area contributed by atoms with Crippen LogP contribution in [-0.4, -0.2) is 67.9 Å². The molecule has 5 nitrogen and oxygen atoms in total. The predicted molar refractivity (Wildman–Crippen MR) is 123 cm³/mol. The number of carbonyl (C=O) groups is 1. The zero-order valence-electron chi connectivity index (χ0n) is 19.6. The van der Waals surface area contributed by atoms with Crippen LogP contribution >= 0.6 is 0 Å². The normalized spacial score (nSPS) is 11.6. The molecular formula is C24H48N2O3. The van der Waals surface area contributed by atoms with E-state index in [9.17, 15) is 4.79 Å². The van der Waals surface area contributed by atoms with Crippen molar-refractivity contribution < 1.29 is 14.3 Å². The van der Waals surface area contributed by atoms with Crippen LogP contribution in [0.25, 0.3) is 0 Å². The van der Waals surface area contributed by atoms with Crippen LogP contribution in [0.15, 0.2) is 0 Å². The van der Waals surface area contributed by atoms with Crippen molar-refractivity contribution >= 4 is 6.16 Å². The Kier molecular flexibility index (Phi) is 19.9. The second-order valence-corrected chi connectivity index (χ2v) is 7.71. The molecule has 0 aromatic rings. The lowest BCUT2D eigenvalue weighted by Gasteiger charge is -2.25. The van der Waals surface area contributed by atoms with Gasteiger partial charge in [0.1, 0.15) is 12.7 Å². The summed E-state index contributed by atoms with van der Waals surface area (Å²) in [7, 11) is 0. The molecule has 0 atom stereocenters. The van der Waals surface area contributed by atoms with Crippen LogP contribution < -0.4 is 0 Å². The minimum atomic E-state index is -0.510. The predicted octanol–water partition coefficient (Wildman–Crippen LogP) is 5.74. The Balaban J connectivity index is 4.20. The van der Waals surface area contributed by atoms with Crippen molar-refractivity contribution in [3.8, 4) is 0 Å². The highest BCUT2D eigenvalue weighted by molar-refractivity contribution is 5.60. The summed E-state index contributed by atoms with van der Waals surface area (Å²) in [6.45, 7) is 20.6. The van der Waals surface area contributed by atoms with E-state index >= 15 is 0 Å². The van der Waals surface area contributed by atoms with Crippen molar-refractivity contribution in [2.75, 3.05) is 45.9 Å². The number of unbranched alkanes of at least 4 members (excludes halogenated alkanes) is 6. The Morgan fingerprint density at radius 3 is 1.76 bits per heavy atom. The SMILES string of the molecule is [CH2]CCCCCC(CCCCC[CH2])OC(=O)OCCN(CC)CCN(CC)CC. The van der Waals surface area contributed by atoms with E-state index in [4.69, 9.17) is 9.47 Å². The molecule has 0 saturated heterocycles. The maximum absolute atomic E-state index is 12.2. The van der Waals surface area contributed by atoms with Crippen LogP contribution in [0.1, 0.15) is 85.0 Å². The second kappa shape index (κ2) is 20.5. The third-order valence-electron chi connectivity index (χ3n) is 5.52. The molecule has 29 heavy (non-hydrogen) atoms. The molecule has 2 radical (unpaired) electrons. The van der Waals surface area contributed by atoms with Gasteiger partial charge in [-0.05, 0) is 45.3 Å². The quantitative estimate of drug-likeness (QED) is 0.188. The fourth-order valence-corrected chi connectivity index (χ4v) is 3.39. The summed E-state index contributed by atoms with van der Waals surface area (Å²) in [6, 6.07) is 0. The number of hydrogen-bond acceptors (Lipinski definition) is 5. The van der Waals surface area contributed by atoms with Crippen LogP contribution in [0.4, 0.5) is 4.79 Å². The summed E-state index contributed by atoms with van der Waals surface area (Å²) in [4.78, 5) is 16.9. The van der Waals surface area contributed by atoms with Crippen LogP contribution in [0.2, 0.25) is 0 Å². The van der Waals surface area contributed by atoms with Crippen molar-refractivity contribution in [1.82, 2.24) is 9.80 Å². The van der Waals surface area contributed by atoms with Gasteiger partial charge in [0, 0.05) is 19.6 Å².